The van der Waals surface area contributed by atoms with Gasteiger partial charge in [-0.1, -0.05) is 66.7 Å². The molecule has 0 saturated carbocycles. The van der Waals surface area contributed by atoms with E-state index < -0.39 is 0 Å². The van der Waals surface area contributed by atoms with Crippen LogP contribution < -0.4 is 0 Å². The van der Waals surface area contributed by atoms with Crippen LogP contribution in [0.3, 0.4) is 0 Å². The number of benzene rings is 4. The lowest BCUT2D eigenvalue weighted by molar-refractivity contribution is 1.20. The van der Waals surface area contributed by atoms with E-state index in [0.29, 0.717) is 0 Å². The molecule has 0 atom stereocenters. The molecule has 0 radical (unpaired) electrons. The van der Waals surface area contributed by atoms with Gasteiger partial charge in [-0.05, 0) is 30.7 Å². The molecule has 0 saturated heterocycles. The van der Waals surface area contributed by atoms with Crippen LogP contribution in [0.2, 0.25) is 0 Å². The van der Waals surface area contributed by atoms with Gasteiger partial charge in [0.05, 0.1) is 21.4 Å². The molecule has 0 N–H and O–H groups in total. The lowest BCUT2D eigenvalue weighted by Crippen LogP contribution is -1.93. The van der Waals surface area contributed by atoms with Gasteiger partial charge in [0.25, 0.3) is 0 Å². The summed E-state index contributed by atoms with van der Waals surface area (Å²) in [7, 11) is 0. The average Bonchev–Trinajstić information content (AvgIpc) is 3.25. The fraction of sp³-hybridized carbons (Fsp3) is 0.0400. The molecule has 6 aromatic rings. The summed E-state index contributed by atoms with van der Waals surface area (Å²) in [5.74, 6) is 0. The number of rotatable bonds is 1. The summed E-state index contributed by atoms with van der Waals surface area (Å²) in [6.45, 7) is 2.21. The molecule has 2 heterocycles. The smallest absolute Gasteiger partial charge is 0.0640 e. The van der Waals surface area contributed by atoms with Crippen molar-refractivity contribution in [3.05, 3.63) is 90.5 Å². The third-order valence-electron chi connectivity index (χ3n) is 5.52. The number of para-hydroxylation sites is 2. The van der Waals surface area contributed by atoms with Gasteiger partial charge < -0.3 is 4.57 Å². The Morgan fingerprint density at radius 3 is 1.81 bits per heavy atom. The monoisotopic (exact) mass is 363 g/mol. The zero-order valence-electron chi connectivity index (χ0n) is 14.9. The van der Waals surface area contributed by atoms with Crippen molar-refractivity contribution in [1.29, 1.82) is 0 Å². The van der Waals surface area contributed by atoms with E-state index in [1.165, 1.54) is 53.2 Å². The number of aromatic nitrogens is 1. The quantitative estimate of drug-likeness (QED) is 0.286. The third-order valence-corrected chi connectivity index (χ3v) is 6.90. The molecule has 0 aliphatic carbocycles. The Morgan fingerprint density at radius 2 is 1.11 bits per heavy atom. The maximum Gasteiger partial charge on any atom is 0.0640 e. The summed E-state index contributed by atoms with van der Waals surface area (Å²) in [4.78, 5) is 0. The first-order valence-corrected chi connectivity index (χ1v) is 10.0. The number of hydrogen-bond donors (Lipinski definition) is 0. The Hall–Kier alpha value is -3.10. The molecule has 2 heteroatoms. The molecule has 2 aromatic heterocycles. The van der Waals surface area contributed by atoms with Gasteiger partial charge in [-0.2, -0.15) is 0 Å². The fourth-order valence-corrected chi connectivity index (χ4v) is 5.58. The van der Waals surface area contributed by atoms with Gasteiger partial charge in [0.2, 0.25) is 0 Å². The Kier molecular flexibility index (Phi) is 3.03. The summed E-state index contributed by atoms with van der Waals surface area (Å²) >= 11 is 1.91. The molecular formula is C25H17NS. The minimum atomic E-state index is 1.26. The van der Waals surface area contributed by atoms with Crippen LogP contribution in [0.25, 0.3) is 47.7 Å². The third kappa shape index (κ3) is 1.99. The minimum Gasteiger partial charge on any atom is -0.308 e. The van der Waals surface area contributed by atoms with Crippen LogP contribution in [0.4, 0.5) is 0 Å². The standard InChI is InChI=1S/C25H17NS/c1-16-8-6-11-19-20-12-7-15-23(25(20)27-24(16)19)26-21-13-4-2-9-17(21)18-10-3-5-14-22(18)26/h2-15H,1H3. The van der Waals surface area contributed by atoms with Crippen LogP contribution >= 0.6 is 11.3 Å². The van der Waals surface area contributed by atoms with E-state index in [0.717, 1.165) is 0 Å². The number of thiophene rings is 1. The van der Waals surface area contributed by atoms with Gasteiger partial charge in [0, 0.05) is 26.2 Å². The molecule has 0 bridgehead atoms. The highest BCUT2D eigenvalue weighted by atomic mass is 32.1. The molecule has 0 unspecified atom stereocenters. The topological polar surface area (TPSA) is 4.93 Å². The van der Waals surface area contributed by atoms with Crippen LogP contribution in [0, 0.1) is 6.92 Å². The van der Waals surface area contributed by atoms with E-state index in [4.69, 9.17) is 0 Å². The molecule has 128 valence electrons. The number of fused-ring (bicyclic) bond motifs is 6. The Balaban J connectivity index is 1.84. The first-order chi connectivity index (χ1) is 13.3. The van der Waals surface area contributed by atoms with Gasteiger partial charge in [-0.3, -0.25) is 0 Å². The molecule has 0 aliphatic rings. The fourth-order valence-electron chi connectivity index (χ4n) is 4.30. The molecule has 0 spiro atoms. The van der Waals surface area contributed by atoms with E-state index in [2.05, 4.69) is 96.4 Å². The molecule has 0 aliphatic heterocycles. The second kappa shape index (κ2) is 5.45. The normalized spacial score (nSPS) is 11.9. The summed E-state index contributed by atoms with van der Waals surface area (Å²) in [6, 6.07) is 30.7. The zero-order chi connectivity index (χ0) is 18.0. The average molecular weight is 363 g/mol. The lowest BCUT2D eigenvalue weighted by atomic mass is 10.1. The van der Waals surface area contributed by atoms with E-state index in [1.54, 1.807) is 0 Å². The van der Waals surface area contributed by atoms with Gasteiger partial charge in [-0.15, -0.1) is 11.3 Å². The van der Waals surface area contributed by atoms with E-state index >= 15 is 0 Å². The molecule has 0 fully saturated rings. The van der Waals surface area contributed by atoms with Crippen molar-refractivity contribution in [3.8, 4) is 5.69 Å². The first kappa shape index (κ1) is 15.0. The summed E-state index contributed by atoms with van der Waals surface area (Å²) in [5.41, 5.74) is 5.15. The maximum absolute atomic E-state index is 2.43. The van der Waals surface area contributed by atoms with Gasteiger partial charge in [0.15, 0.2) is 0 Å². The number of nitrogens with zero attached hydrogens (tertiary/aromatic N) is 1. The van der Waals surface area contributed by atoms with Crippen molar-refractivity contribution in [2.75, 3.05) is 0 Å². The summed E-state index contributed by atoms with van der Waals surface area (Å²) in [5, 5.41) is 5.32. The molecule has 1 nitrogen and oxygen atoms in total. The zero-order valence-corrected chi connectivity index (χ0v) is 15.8. The Labute approximate surface area is 161 Å². The summed E-state index contributed by atoms with van der Waals surface area (Å²) < 4.78 is 5.17. The van der Waals surface area contributed by atoms with Gasteiger partial charge >= 0.3 is 0 Å². The largest absolute Gasteiger partial charge is 0.308 e. The van der Waals surface area contributed by atoms with Crippen LogP contribution in [0.15, 0.2) is 84.9 Å². The molecular weight excluding hydrogens is 346 g/mol. The SMILES string of the molecule is Cc1cccc2c1sc1c(-n3c4ccccc4c4ccccc43)cccc12. The van der Waals surface area contributed by atoms with Crippen molar-refractivity contribution in [1.82, 2.24) is 4.57 Å². The lowest BCUT2D eigenvalue weighted by Gasteiger charge is -2.09. The van der Waals surface area contributed by atoms with E-state index in [9.17, 15) is 0 Å². The molecule has 27 heavy (non-hydrogen) atoms. The predicted molar refractivity (Wildman–Crippen MR) is 118 cm³/mol. The highest BCUT2D eigenvalue weighted by Gasteiger charge is 2.16. The van der Waals surface area contributed by atoms with Crippen molar-refractivity contribution in [3.63, 3.8) is 0 Å². The van der Waals surface area contributed by atoms with Gasteiger partial charge in [0.1, 0.15) is 0 Å². The highest BCUT2D eigenvalue weighted by Crippen LogP contribution is 2.41. The van der Waals surface area contributed by atoms with Crippen LogP contribution in [0.5, 0.6) is 0 Å². The van der Waals surface area contributed by atoms with Crippen LogP contribution in [-0.2, 0) is 0 Å². The molecule has 4 aromatic carbocycles. The first-order valence-electron chi connectivity index (χ1n) is 9.22. The highest BCUT2D eigenvalue weighted by molar-refractivity contribution is 7.26. The Bertz CT molecular complexity index is 1430. The van der Waals surface area contributed by atoms with Crippen molar-refractivity contribution in [2.24, 2.45) is 0 Å². The second-order valence-electron chi connectivity index (χ2n) is 7.08. The number of aryl methyl sites for hydroxylation is 1. The van der Waals surface area contributed by atoms with Crippen molar-refractivity contribution in [2.45, 2.75) is 6.92 Å². The minimum absolute atomic E-state index is 1.26. The van der Waals surface area contributed by atoms with Crippen molar-refractivity contribution < 1.29 is 0 Å². The number of hydrogen-bond acceptors (Lipinski definition) is 1. The van der Waals surface area contributed by atoms with Crippen LogP contribution in [-0.4, -0.2) is 4.57 Å². The van der Waals surface area contributed by atoms with E-state index in [-0.39, 0.29) is 0 Å². The Morgan fingerprint density at radius 1 is 0.556 bits per heavy atom. The van der Waals surface area contributed by atoms with Crippen molar-refractivity contribution >= 4 is 53.3 Å². The van der Waals surface area contributed by atoms with Crippen LogP contribution in [0.1, 0.15) is 5.56 Å². The predicted octanol–water partition coefficient (Wildman–Crippen LogP) is 7.46. The van der Waals surface area contributed by atoms with Gasteiger partial charge in [-0.25, -0.2) is 0 Å². The van der Waals surface area contributed by atoms with E-state index in [1.807, 2.05) is 11.3 Å². The molecule has 0 amide bonds. The maximum atomic E-state index is 2.43. The second-order valence-corrected chi connectivity index (χ2v) is 8.10. The summed E-state index contributed by atoms with van der Waals surface area (Å²) in [6.07, 6.45) is 0. The molecule has 6 rings (SSSR count).